The Morgan fingerprint density at radius 1 is 0.833 bits per heavy atom. The normalized spacial score (nSPS) is 18.4. The highest BCUT2D eigenvalue weighted by molar-refractivity contribution is 8.00. The number of carbonyl (C=O) groups is 2. The molecule has 0 bridgehead atoms. The van der Waals surface area contributed by atoms with Crippen molar-refractivity contribution in [2.24, 2.45) is 0 Å². The van der Waals surface area contributed by atoms with Gasteiger partial charge < -0.3 is 10.2 Å². The zero-order chi connectivity index (χ0) is 24.7. The summed E-state index contributed by atoms with van der Waals surface area (Å²) in [5.41, 5.74) is 5.26. The molecule has 2 aliphatic heterocycles. The van der Waals surface area contributed by atoms with Crippen LogP contribution in [0.5, 0.6) is 0 Å². The summed E-state index contributed by atoms with van der Waals surface area (Å²) in [6.45, 7) is 4.36. The number of thioether (sulfide) groups is 1. The zero-order valence-corrected chi connectivity index (χ0v) is 21.4. The second-order valence-corrected chi connectivity index (χ2v) is 10.6. The number of benzene rings is 3. The van der Waals surface area contributed by atoms with Crippen molar-refractivity contribution in [3.63, 3.8) is 0 Å². The first-order chi connectivity index (χ1) is 17.7. The molecule has 2 amide bonds. The first-order valence-corrected chi connectivity index (χ1v) is 13.8. The SMILES string of the molecule is O=C(NCc1ccccc1CN1CCCCC1)c1ccc([C@H]2SCC(=O)N2Cc2ccccc2)cc1. The molecule has 2 heterocycles. The number of hydrogen-bond donors (Lipinski definition) is 1. The smallest absolute Gasteiger partial charge is 0.251 e. The predicted molar refractivity (Wildman–Crippen MR) is 145 cm³/mol. The molecular weight excluding hydrogens is 466 g/mol. The van der Waals surface area contributed by atoms with Crippen molar-refractivity contribution >= 4 is 23.6 Å². The van der Waals surface area contributed by atoms with E-state index in [-0.39, 0.29) is 17.2 Å². The fourth-order valence-electron chi connectivity index (χ4n) is 5.00. The third-order valence-corrected chi connectivity index (χ3v) is 8.28. The largest absolute Gasteiger partial charge is 0.348 e. The van der Waals surface area contributed by atoms with Crippen molar-refractivity contribution in [1.29, 1.82) is 0 Å². The molecule has 0 aromatic heterocycles. The fourth-order valence-corrected chi connectivity index (χ4v) is 6.19. The standard InChI is InChI=1S/C30H33N3O2S/c34-28-22-36-30(33(28)20-23-9-3-1-4-10-23)25-15-13-24(14-16-25)29(35)31-19-26-11-5-6-12-27(26)21-32-17-7-2-8-18-32/h1,3-6,9-16,30H,2,7-8,17-22H2,(H,31,35)/t30-/m1/s1. The Kier molecular flexibility index (Phi) is 8.04. The van der Waals surface area contributed by atoms with Gasteiger partial charge in [-0.2, -0.15) is 0 Å². The van der Waals surface area contributed by atoms with Crippen LogP contribution in [0.15, 0.2) is 78.9 Å². The maximum absolute atomic E-state index is 12.9. The molecule has 36 heavy (non-hydrogen) atoms. The molecular formula is C30H33N3O2S. The van der Waals surface area contributed by atoms with Crippen LogP contribution >= 0.6 is 11.8 Å². The van der Waals surface area contributed by atoms with E-state index >= 15 is 0 Å². The molecule has 3 aromatic rings. The number of rotatable bonds is 8. The van der Waals surface area contributed by atoms with Gasteiger partial charge in [0, 0.05) is 25.2 Å². The van der Waals surface area contributed by atoms with Crippen LogP contribution in [0.2, 0.25) is 0 Å². The van der Waals surface area contributed by atoms with Crippen LogP contribution in [0, 0.1) is 0 Å². The van der Waals surface area contributed by atoms with Crippen molar-refractivity contribution < 1.29 is 9.59 Å². The average Bonchev–Trinajstić information content (AvgIpc) is 3.29. The molecule has 5 rings (SSSR count). The Bertz CT molecular complexity index is 1180. The molecule has 6 heteroatoms. The number of nitrogens with zero attached hydrogens (tertiary/aromatic N) is 2. The lowest BCUT2D eigenvalue weighted by atomic mass is 10.0. The third-order valence-electron chi connectivity index (χ3n) is 7.02. The van der Waals surface area contributed by atoms with Gasteiger partial charge in [-0.3, -0.25) is 14.5 Å². The van der Waals surface area contributed by atoms with Crippen molar-refractivity contribution in [1.82, 2.24) is 15.1 Å². The van der Waals surface area contributed by atoms with Crippen LogP contribution in [0.3, 0.4) is 0 Å². The Morgan fingerprint density at radius 2 is 1.53 bits per heavy atom. The minimum Gasteiger partial charge on any atom is -0.348 e. The lowest BCUT2D eigenvalue weighted by Gasteiger charge is -2.27. The van der Waals surface area contributed by atoms with Gasteiger partial charge in [0.25, 0.3) is 5.91 Å². The van der Waals surface area contributed by atoms with Gasteiger partial charge in [0.2, 0.25) is 5.91 Å². The molecule has 2 fully saturated rings. The van der Waals surface area contributed by atoms with Crippen LogP contribution in [0.1, 0.15) is 57.2 Å². The minimum absolute atomic E-state index is 0.0310. The van der Waals surface area contributed by atoms with Crippen molar-refractivity contribution in [2.75, 3.05) is 18.8 Å². The summed E-state index contributed by atoms with van der Waals surface area (Å²) in [4.78, 5) is 29.9. The van der Waals surface area contributed by atoms with Crippen LogP contribution in [0.25, 0.3) is 0 Å². The molecule has 0 spiro atoms. The van der Waals surface area contributed by atoms with E-state index in [0.717, 1.165) is 30.8 Å². The number of carbonyl (C=O) groups excluding carboxylic acids is 2. The van der Waals surface area contributed by atoms with E-state index in [4.69, 9.17) is 0 Å². The Morgan fingerprint density at radius 3 is 2.28 bits per heavy atom. The van der Waals surface area contributed by atoms with Gasteiger partial charge in [0.1, 0.15) is 5.37 Å². The zero-order valence-electron chi connectivity index (χ0n) is 20.6. The lowest BCUT2D eigenvalue weighted by Crippen LogP contribution is -2.30. The molecule has 0 saturated carbocycles. The first-order valence-electron chi connectivity index (χ1n) is 12.8. The Labute approximate surface area is 217 Å². The summed E-state index contributed by atoms with van der Waals surface area (Å²) in [5, 5.41) is 3.07. The highest BCUT2D eigenvalue weighted by Gasteiger charge is 2.32. The number of amides is 2. The summed E-state index contributed by atoms with van der Waals surface area (Å²) in [7, 11) is 0. The number of nitrogens with one attached hydrogen (secondary N) is 1. The molecule has 0 aliphatic carbocycles. The lowest BCUT2D eigenvalue weighted by molar-refractivity contribution is -0.128. The van der Waals surface area contributed by atoms with E-state index in [1.807, 2.05) is 65.6 Å². The van der Waals surface area contributed by atoms with Crippen LogP contribution in [-0.4, -0.2) is 40.5 Å². The van der Waals surface area contributed by atoms with Crippen LogP contribution < -0.4 is 5.32 Å². The second-order valence-electron chi connectivity index (χ2n) is 9.58. The quantitative estimate of drug-likeness (QED) is 0.452. The Hall–Kier alpha value is -3.09. The van der Waals surface area contributed by atoms with Crippen molar-refractivity contribution in [2.45, 2.75) is 44.3 Å². The van der Waals surface area contributed by atoms with Gasteiger partial charge in [-0.05, 0) is 60.3 Å². The van der Waals surface area contributed by atoms with E-state index < -0.39 is 0 Å². The fraction of sp³-hybridized carbons (Fsp3) is 0.333. The molecule has 2 saturated heterocycles. The topological polar surface area (TPSA) is 52.7 Å². The molecule has 0 unspecified atom stereocenters. The Balaban J connectivity index is 1.20. The number of hydrogen-bond acceptors (Lipinski definition) is 4. The molecule has 1 atom stereocenters. The summed E-state index contributed by atoms with van der Waals surface area (Å²) in [6.07, 6.45) is 3.87. The van der Waals surface area contributed by atoms with Crippen LogP contribution in [0.4, 0.5) is 0 Å². The first kappa shape index (κ1) is 24.6. The minimum atomic E-state index is -0.0781. The monoisotopic (exact) mass is 499 g/mol. The maximum atomic E-state index is 12.9. The van der Waals surface area contributed by atoms with E-state index in [1.165, 1.54) is 30.4 Å². The third kappa shape index (κ3) is 6.00. The molecule has 3 aromatic carbocycles. The van der Waals surface area contributed by atoms with Gasteiger partial charge in [0.05, 0.1) is 5.75 Å². The van der Waals surface area contributed by atoms with Gasteiger partial charge in [0.15, 0.2) is 0 Å². The summed E-state index contributed by atoms with van der Waals surface area (Å²) >= 11 is 1.64. The molecule has 186 valence electrons. The van der Waals surface area contributed by atoms with Gasteiger partial charge in [-0.1, -0.05) is 73.2 Å². The maximum Gasteiger partial charge on any atom is 0.251 e. The molecule has 2 aliphatic rings. The number of likely N-dealkylation sites (tertiary alicyclic amines) is 1. The second kappa shape index (κ2) is 11.8. The van der Waals surface area contributed by atoms with Crippen molar-refractivity contribution in [3.8, 4) is 0 Å². The van der Waals surface area contributed by atoms with Gasteiger partial charge >= 0.3 is 0 Å². The van der Waals surface area contributed by atoms with E-state index in [9.17, 15) is 9.59 Å². The average molecular weight is 500 g/mol. The number of piperidine rings is 1. The van der Waals surface area contributed by atoms with E-state index in [0.29, 0.717) is 24.4 Å². The summed E-state index contributed by atoms with van der Waals surface area (Å²) < 4.78 is 0. The van der Waals surface area contributed by atoms with Gasteiger partial charge in [-0.25, -0.2) is 0 Å². The summed E-state index contributed by atoms with van der Waals surface area (Å²) in [5.74, 6) is 0.556. The van der Waals surface area contributed by atoms with E-state index in [2.05, 4.69) is 28.4 Å². The molecule has 0 radical (unpaired) electrons. The summed E-state index contributed by atoms with van der Waals surface area (Å²) in [6, 6.07) is 26.2. The highest BCUT2D eigenvalue weighted by Crippen LogP contribution is 2.39. The molecule has 5 nitrogen and oxygen atoms in total. The van der Waals surface area contributed by atoms with Crippen molar-refractivity contribution in [3.05, 3.63) is 107 Å². The van der Waals surface area contributed by atoms with Gasteiger partial charge in [-0.15, -0.1) is 11.8 Å². The van der Waals surface area contributed by atoms with E-state index in [1.54, 1.807) is 11.8 Å². The highest BCUT2D eigenvalue weighted by atomic mass is 32.2. The van der Waals surface area contributed by atoms with Crippen LogP contribution in [-0.2, 0) is 24.4 Å². The molecule has 1 N–H and O–H groups in total. The predicted octanol–water partition coefficient (Wildman–Crippen LogP) is 5.38.